The number of nitrogens with one attached hydrogen (secondary N) is 1. The van der Waals surface area contributed by atoms with Gasteiger partial charge in [-0.2, -0.15) is 0 Å². The molecule has 0 saturated carbocycles. The molecule has 2 aromatic rings. The van der Waals surface area contributed by atoms with Gasteiger partial charge in [0.25, 0.3) is 5.91 Å². The van der Waals surface area contributed by atoms with Crippen LogP contribution in [0.3, 0.4) is 0 Å². The normalized spacial score (nSPS) is 11.4. The minimum absolute atomic E-state index is 0.0278. The Labute approximate surface area is 120 Å². The first kappa shape index (κ1) is 14.4. The molecule has 0 aliphatic rings. The number of carbonyl (C=O) groups is 1. The Balaban J connectivity index is 2.06. The van der Waals surface area contributed by atoms with Crippen LogP contribution >= 0.6 is 0 Å². The lowest BCUT2D eigenvalue weighted by molar-refractivity contribution is 0.0951. The molecule has 2 rings (SSSR count). The molecule has 1 aromatic carbocycles. The summed E-state index contributed by atoms with van der Waals surface area (Å²) in [4.78, 5) is 12.2. The fourth-order valence-electron chi connectivity index (χ4n) is 2.08. The molecule has 0 spiro atoms. The summed E-state index contributed by atoms with van der Waals surface area (Å²) in [5.41, 5.74) is 3.04. The molecule has 1 heterocycles. The molecule has 1 amide bonds. The molecule has 1 N–H and O–H groups in total. The van der Waals surface area contributed by atoms with Gasteiger partial charge in [-0.3, -0.25) is 4.79 Å². The highest BCUT2D eigenvalue weighted by Gasteiger charge is 2.15. The van der Waals surface area contributed by atoms with Gasteiger partial charge in [-0.05, 0) is 34.7 Å². The van der Waals surface area contributed by atoms with E-state index in [9.17, 15) is 4.79 Å². The van der Waals surface area contributed by atoms with Gasteiger partial charge < -0.3 is 9.88 Å². The average Bonchev–Trinajstić information content (AvgIpc) is 2.81. The predicted octanol–water partition coefficient (Wildman–Crippen LogP) is 3.25. The van der Waals surface area contributed by atoms with Crippen LogP contribution in [0.4, 0.5) is 0 Å². The Hall–Kier alpha value is -2.03. The van der Waals surface area contributed by atoms with Crippen molar-refractivity contribution in [3.05, 3.63) is 59.4 Å². The molecular weight excluding hydrogens is 248 g/mol. The Kier molecular flexibility index (Phi) is 3.98. The maximum absolute atomic E-state index is 12.2. The molecule has 1 aromatic heterocycles. The van der Waals surface area contributed by atoms with Crippen LogP contribution in [0.1, 0.15) is 42.3 Å². The zero-order valence-corrected chi connectivity index (χ0v) is 12.6. The van der Waals surface area contributed by atoms with E-state index in [1.165, 1.54) is 5.56 Å². The SMILES string of the molecule is Cn1ccc(CNC(=O)c2cccc(C(C)(C)C)c2)c1. The van der Waals surface area contributed by atoms with E-state index in [0.29, 0.717) is 12.1 Å². The quantitative estimate of drug-likeness (QED) is 0.912. The number of carbonyl (C=O) groups excluding carboxylic acids is 1. The summed E-state index contributed by atoms with van der Waals surface area (Å²) in [6, 6.07) is 9.84. The third-order valence-electron chi connectivity index (χ3n) is 3.34. The summed E-state index contributed by atoms with van der Waals surface area (Å²) in [7, 11) is 1.97. The maximum atomic E-state index is 12.2. The molecule has 0 atom stereocenters. The Bertz CT molecular complexity index is 605. The fraction of sp³-hybridized carbons (Fsp3) is 0.353. The second kappa shape index (κ2) is 5.53. The van der Waals surface area contributed by atoms with Gasteiger partial charge >= 0.3 is 0 Å². The van der Waals surface area contributed by atoms with Gasteiger partial charge in [0.2, 0.25) is 0 Å². The van der Waals surface area contributed by atoms with Gasteiger partial charge in [0.15, 0.2) is 0 Å². The summed E-state index contributed by atoms with van der Waals surface area (Å²) in [5, 5.41) is 2.95. The topological polar surface area (TPSA) is 34.0 Å². The first-order valence-electron chi connectivity index (χ1n) is 6.86. The van der Waals surface area contributed by atoms with Crippen LogP contribution < -0.4 is 5.32 Å². The molecule has 3 heteroatoms. The summed E-state index contributed by atoms with van der Waals surface area (Å²) < 4.78 is 1.97. The van der Waals surface area contributed by atoms with Crippen molar-refractivity contribution in [3.8, 4) is 0 Å². The second-order valence-electron chi connectivity index (χ2n) is 6.20. The van der Waals surface area contributed by atoms with E-state index < -0.39 is 0 Å². The molecule has 106 valence electrons. The van der Waals surface area contributed by atoms with E-state index >= 15 is 0 Å². The zero-order valence-electron chi connectivity index (χ0n) is 12.6. The molecule has 0 bridgehead atoms. The zero-order chi connectivity index (χ0) is 14.8. The molecule has 0 aliphatic carbocycles. The van der Waals surface area contributed by atoms with Crippen molar-refractivity contribution < 1.29 is 4.79 Å². The Morgan fingerprint density at radius 3 is 2.60 bits per heavy atom. The van der Waals surface area contributed by atoms with Gasteiger partial charge in [0.05, 0.1) is 0 Å². The van der Waals surface area contributed by atoms with E-state index in [-0.39, 0.29) is 11.3 Å². The standard InChI is InChI=1S/C17H22N2O/c1-17(2,3)15-7-5-6-14(10-15)16(20)18-11-13-8-9-19(4)12-13/h5-10,12H,11H2,1-4H3,(H,18,20). The summed E-state index contributed by atoms with van der Waals surface area (Å²) in [6.07, 6.45) is 3.98. The number of nitrogens with zero attached hydrogens (tertiary/aromatic N) is 1. The second-order valence-corrected chi connectivity index (χ2v) is 6.20. The number of hydrogen-bond donors (Lipinski definition) is 1. The molecule has 0 aliphatic heterocycles. The van der Waals surface area contributed by atoms with E-state index in [1.54, 1.807) is 0 Å². The lowest BCUT2D eigenvalue weighted by Crippen LogP contribution is -2.23. The summed E-state index contributed by atoms with van der Waals surface area (Å²) >= 11 is 0. The third-order valence-corrected chi connectivity index (χ3v) is 3.34. The molecule has 0 fully saturated rings. The molecule has 0 radical (unpaired) electrons. The lowest BCUT2D eigenvalue weighted by Gasteiger charge is -2.19. The number of benzene rings is 1. The Morgan fingerprint density at radius 2 is 2.00 bits per heavy atom. The number of hydrogen-bond acceptors (Lipinski definition) is 1. The smallest absolute Gasteiger partial charge is 0.251 e. The minimum atomic E-state index is -0.0278. The van der Waals surface area contributed by atoms with E-state index in [0.717, 1.165) is 5.56 Å². The van der Waals surface area contributed by atoms with Crippen LogP contribution in [-0.2, 0) is 19.0 Å². The molecule has 20 heavy (non-hydrogen) atoms. The summed E-state index contributed by atoms with van der Waals surface area (Å²) in [6.45, 7) is 7.00. The predicted molar refractivity (Wildman–Crippen MR) is 81.7 cm³/mol. The van der Waals surface area contributed by atoms with Crippen molar-refractivity contribution in [2.45, 2.75) is 32.7 Å². The first-order chi connectivity index (χ1) is 9.36. The van der Waals surface area contributed by atoms with Gasteiger partial charge in [0.1, 0.15) is 0 Å². The number of rotatable bonds is 3. The van der Waals surface area contributed by atoms with Crippen molar-refractivity contribution in [1.29, 1.82) is 0 Å². The maximum Gasteiger partial charge on any atom is 0.251 e. The minimum Gasteiger partial charge on any atom is -0.357 e. The van der Waals surface area contributed by atoms with Crippen LogP contribution in [0.5, 0.6) is 0 Å². The summed E-state index contributed by atoms with van der Waals surface area (Å²) in [5.74, 6) is -0.0278. The number of aromatic nitrogens is 1. The van der Waals surface area contributed by atoms with Gasteiger partial charge in [0, 0.05) is 31.5 Å². The van der Waals surface area contributed by atoms with E-state index in [2.05, 4.69) is 32.2 Å². The van der Waals surface area contributed by atoms with Crippen molar-refractivity contribution in [2.24, 2.45) is 7.05 Å². The third kappa shape index (κ3) is 3.50. The van der Waals surface area contributed by atoms with Crippen molar-refractivity contribution in [3.63, 3.8) is 0 Å². The molecule has 0 unspecified atom stereocenters. The number of amides is 1. The van der Waals surface area contributed by atoms with Gasteiger partial charge in [-0.15, -0.1) is 0 Å². The average molecular weight is 270 g/mol. The van der Waals surface area contributed by atoms with Crippen molar-refractivity contribution in [2.75, 3.05) is 0 Å². The largest absolute Gasteiger partial charge is 0.357 e. The Morgan fingerprint density at radius 1 is 1.25 bits per heavy atom. The van der Waals surface area contributed by atoms with Crippen LogP contribution in [-0.4, -0.2) is 10.5 Å². The van der Waals surface area contributed by atoms with Gasteiger partial charge in [-0.25, -0.2) is 0 Å². The monoisotopic (exact) mass is 270 g/mol. The number of aryl methyl sites for hydroxylation is 1. The van der Waals surface area contributed by atoms with Crippen molar-refractivity contribution >= 4 is 5.91 Å². The molecule has 0 saturated heterocycles. The lowest BCUT2D eigenvalue weighted by atomic mass is 9.86. The van der Waals surface area contributed by atoms with Crippen LogP contribution in [0.15, 0.2) is 42.7 Å². The molecular formula is C17H22N2O. The van der Waals surface area contributed by atoms with E-state index in [4.69, 9.17) is 0 Å². The first-order valence-corrected chi connectivity index (χ1v) is 6.86. The highest BCUT2D eigenvalue weighted by atomic mass is 16.1. The highest BCUT2D eigenvalue weighted by Crippen LogP contribution is 2.22. The van der Waals surface area contributed by atoms with E-state index in [1.807, 2.05) is 48.3 Å². The highest BCUT2D eigenvalue weighted by molar-refractivity contribution is 5.94. The van der Waals surface area contributed by atoms with Crippen LogP contribution in [0.25, 0.3) is 0 Å². The van der Waals surface area contributed by atoms with Crippen molar-refractivity contribution in [1.82, 2.24) is 9.88 Å². The van der Waals surface area contributed by atoms with Crippen LogP contribution in [0.2, 0.25) is 0 Å². The fourth-order valence-corrected chi connectivity index (χ4v) is 2.08. The van der Waals surface area contributed by atoms with Gasteiger partial charge in [-0.1, -0.05) is 32.9 Å². The molecule has 3 nitrogen and oxygen atoms in total. The van der Waals surface area contributed by atoms with Crippen LogP contribution in [0, 0.1) is 0 Å².